The second-order valence-corrected chi connectivity index (χ2v) is 9.32. The largest absolute Gasteiger partial charge is 0.497 e. The van der Waals surface area contributed by atoms with Gasteiger partial charge in [0.25, 0.3) is 0 Å². The van der Waals surface area contributed by atoms with Gasteiger partial charge in [0.2, 0.25) is 5.91 Å². The highest BCUT2D eigenvalue weighted by Gasteiger charge is 2.31. The van der Waals surface area contributed by atoms with Gasteiger partial charge in [-0.2, -0.15) is 0 Å². The highest BCUT2D eigenvalue weighted by Crippen LogP contribution is 2.30. The molecule has 1 saturated heterocycles. The first kappa shape index (κ1) is 23.8. The number of hydrogen-bond acceptors (Lipinski definition) is 4. The lowest BCUT2D eigenvalue weighted by atomic mass is 9.84. The zero-order valence-electron chi connectivity index (χ0n) is 19.7. The van der Waals surface area contributed by atoms with Crippen LogP contribution in [-0.4, -0.2) is 68.1 Å². The Hall–Kier alpha value is -1.85. The molecule has 0 spiro atoms. The van der Waals surface area contributed by atoms with Crippen molar-refractivity contribution < 1.29 is 9.53 Å². The molecule has 1 aromatic rings. The quantitative estimate of drug-likeness (QED) is 0.474. The summed E-state index contributed by atoms with van der Waals surface area (Å²) >= 11 is 0. The van der Waals surface area contributed by atoms with Crippen LogP contribution < -0.4 is 10.1 Å². The number of rotatable bonds is 9. The molecule has 5 nitrogen and oxygen atoms in total. The molecule has 0 bridgehead atoms. The number of piperidine rings is 1. The Bertz CT molecular complexity index is 695. The fourth-order valence-electron chi connectivity index (χ4n) is 5.18. The van der Waals surface area contributed by atoms with E-state index >= 15 is 0 Å². The predicted octanol–water partition coefficient (Wildman–Crippen LogP) is 4.19. The standard InChI is InChI=1S/C26H41N3O2/c1-21-7-4-5-8-25(21)28(2)23-15-19-29(20-16-23)18-6-17-27-26(30)14-11-22-9-12-24(31-3)13-10-22/h9-14,21,23,25H,4-8,15-20H2,1-3H3,(H,27,30). The molecule has 0 radical (unpaired) electrons. The third kappa shape index (κ3) is 7.36. The minimum Gasteiger partial charge on any atom is -0.497 e. The van der Waals surface area contributed by atoms with Gasteiger partial charge in [-0.1, -0.05) is 31.9 Å². The van der Waals surface area contributed by atoms with Gasteiger partial charge in [-0.25, -0.2) is 0 Å². The summed E-state index contributed by atoms with van der Waals surface area (Å²) in [4.78, 5) is 17.3. The van der Waals surface area contributed by atoms with Gasteiger partial charge in [0, 0.05) is 24.7 Å². The first-order chi connectivity index (χ1) is 15.1. The van der Waals surface area contributed by atoms with E-state index in [1.54, 1.807) is 13.2 Å². The van der Waals surface area contributed by atoms with Crippen LogP contribution in [0.25, 0.3) is 6.08 Å². The Morgan fingerprint density at radius 3 is 2.55 bits per heavy atom. The summed E-state index contributed by atoms with van der Waals surface area (Å²) in [5.41, 5.74) is 0.992. The van der Waals surface area contributed by atoms with Crippen molar-refractivity contribution in [3.05, 3.63) is 35.9 Å². The van der Waals surface area contributed by atoms with Gasteiger partial charge in [-0.05, 0) is 88.5 Å². The van der Waals surface area contributed by atoms with Gasteiger partial charge < -0.3 is 19.9 Å². The number of amides is 1. The second-order valence-electron chi connectivity index (χ2n) is 9.32. The second kappa shape index (κ2) is 12.3. The van der Waals surface area contributed by atoms with Crippen molar-refractivity contribution in [2.75, 3.05) is 40.3 Å². The van der Waals surface area contributed by atoms with Gasteiger partial charge >= 0.3 is 0 Å². The Kier molecular flexibility index (Phi) is 9.41. The van der Waals surface area contributed by atoms with Crippen LogP contribution in [0.4, 0.5) is 0 Å². The van der Waals surface area contributed by atoms with Crippen molar-refractivity contribution in [1.29, 1.82) is 0 Å². The summed E-state index contributed by atoms with van der Waals surface area (Å²) in [5, 5.41) is 3.00. The Morgan fingerprint density at radius 2 is 1.87 bits per heavy atom. The molecule has 1 aliphatic heterocycles. The highest BCUT2D eigenvalue weighted by atomic mass is 16.5. The van der Waals surface area contributed by atoms with Gasteiger partial charge in [0.15, 0.2) is 0 Å². The predicted molar refractivity (Wildman–Crippen MR) is 128 cm³/mol. The van der Waals surface area contributed by atoms with Crippen LogP contribution in [0.2, 0.25) is 0 Å². The SMILES string of the molecule is COc1ccc(C=CC(=O)NCCCN2CCC(N(C)C3CCCCC3C)CC2)cc1. The molecule has 0 aromatic heterocycles. The average molecular weight is 428 g/mol. The average Bonchev–Trinajstić information content (AvgIpc) is 2.81. The number of carbonyl (C=O) groups is 1. The number of hydrogen-bond donors (Lipinski definition) is 1. The summed E-state index contributed by atoms with van der Waals surface area (Å²) in [6.45, 7) is 6.60. The number of ether oxygens (including phenoxy) is 1. The maximum Gasteiger partial charge on any atom is 0.243 e. The topological polar surface area (TPSA) is 44.8 Å². The lowest BCUT2D eigenvalue weighted by Crippen LogP contribution is -2.50. The van der Waals surface area contributed by atoms with Crippen LogP contribution in [0.15, 0.2) is 30.3 Å². The summed E-state index contributed by atoms with van der Waals surface area (Å²) in [6, 6.07) is 9.20. The summed E-state index contributed by atoms with van der Waals surface area (Å²) in [6.07, 6.45) is 12.6. The van der Waals surface area contributed by atoms with E-state index in [2.05, 4.69) is 29.1 Å². The minimum atomic E-state index is -0.0299. The van der Waals surface area contributed by atoms with Crippen LogP contribution in [0.1, 0.15) is 57.4 Å². The molecule has 1 heterocycles. The molecule has 1 amide bonds. The van der Waals surface area contributed by atoms with E-state index in [0.717, 1.165) is 48.8 Å². The van der Waals surface area contributed by atoms with Crippen molar-refractivity contribution in [2.45, 2.75) is 64.0 Å². The van der Waals surface area contributed by atoms with Gasteiger partial charge in [0.05, 0.1) is 7.11 Å². The molecular weight excluding hydrogens is 386 g/mol. The summed E-state index contributed by atoms with van der Waals surface area (Å²) < 4.78 is 5.15. The van der Waals surface area contributed by atoms with Gasteiger partial charge in [-0.15, -0.1) is 0 Å². The van der Waals surface area contributed by atoms with Gasteiger partial charge in [-0.3, -0.25) is 4.79 Å². The maximum absolute atomic E-state index is 12.0. The molecule has 1 aliphatic carbocycles. The van der Waals surface area contributed by atoms with E-state index in [1.807, 2.05) is 30.3 Å². The number of likely N-dealkylation sites (tertiary alicyclic amines) is 1. The van der Waals surface area contributed by atoms with E-state index in [0.29, 0.717) is 0 Å². The number of nitrogens with one attached hydrogen (secondary N) is 1. The third-order valence-electron chi connectivity index (χ3n) is 7.22. The van der Waals surface area contributed by atoms with Gasteiger partial charge in [0.1, 0.15) is 5.75 Å². The monoisotopic (exact) mass is 427 g/mol. The number of methoxy groups -OCH3 is 1. The molecule has 5 heteroatoms. The first-order valence-electron chi connectivity index (χ1n) is 12.1. The highest BCUT2D eigenvalue weighted by molar-refractivity contribution is 5.91. The molecule has 2 atom stereocenters. The molecular formula is C26H41N3O2. The molecule has 2 fully saturated rings. The number of carbonyl (C=O) groups excluding carboxylic acids is 1. The maximum atomic E-state index is 12.0. The zero-order valence-corrected chi connectivity index (χ0v) is 19.7. The van der Waals surface area contributed by atoms with Crippen molar-refractivity contribution in [3.8, 4) is 5.75 Å². The normalized spacial score (nSPS) is 23.4. The molecule has 1 saturated carbocycles. The zero-order chi connectivity index (χ0) is 22.1. The van der Waals surface area contributed by atoms with Crippen molar-refractivity contribution in [1.82, 2.24) is 15.1 Å². The van der Waals surface area contributed by atoms with Crippen LogP contribution in [0.5, 0.6) is 5.75 Å². The molecule has 2 aliphatic rings. The van der Waals surface area contributed by atoms with Crippen LogP contribution in [0.3, 0.4) is 0 Å². The van der Waals surface area contributed by atoms with Crippen LogP contribution >= 0.6 is 0 Å². The van der Waals surface area contributed by atoms with Crippen molar-refractivity contribution >= 4 is 12.0 Å². The van der Waals surface area contributed by atoms with Crippen LogP contribution in [-0.2, 0) is 4.79 Å². The van der Waals surface area contributed by atoms with E-state index < -0.39 is 0 Å². The van der Waals surface area contributed by atoms with E-state index in [1.165, 1.54) is 51.6 Å². The lowest BCUT2D eigenvalue weighted by molar-refractivity contribution is -0.116. The summed E-state index contributed by atoms with van der Waals surface area (Å²) in [7, 11) is 4.01. The van der Waals surface area contributed by atoms with Crippen molar-refractivity contribution in [3.63, 3.8) is 0 Å². The fraction of sp³-hybridized carbons (Fsp3) is 0.654. The molecule has 172 valence electrons. The number of nitrogens with zero attached hydrogens (tertiary/aromatic N) is 2. The Morgan fingerprint density at radius 1 is 1.16 bits per heavy atom. The lowest BCUT2D eigenvalue weighted by Gasteiger charge is -2.44. The Balaban J connectivity index is 1.29. The smallest absolute Gasteiger partial charge is 0.243 e. The molecule has 2 unspecified atom stereocenters. The molecule has 1 N–H and O–H groups in total. The molecule has 1 aromatic carbocycles. The fourth-order valence-corrected chi connectivity index (χ4v) is 5.18. The van der Waals surface area contributed by atoms with E-state index in [9.17, 15) is 4.79 Å². The van der Waals surface area contributed by atoms with E-state index in [4.69, 9.17) is 4.74 Å². The van der Waals surface area contributed by atoms with E-state index in [-0.39, 0.29) is 5.91 Å². The first-order valence-corrected chi connectivity index (χ1v) is 12.1. The van der Waals surface area contributed by atoms with Crippen molar-refractivity contribution in [2.24, 2.45) is 5.92 Å². The molecule has 31 heavy (non-hydrogen) atoms. The number of benzene rings is 1. The summed E-state index contributed by atoms with van der Waals surface area (Å²) in [5.74, 6) is 1.64. The molecule has 3 rings (SSSR count). The Labute approximate surface area is 188 Å². The third-order valence-corrected chi connectivity index (χ3v) is 7.22. The minimum absolute atomic E-state index is 0.0299. The van der Waals surface area contributed by atoms with Crippen LogP contribution in [0, 0.1) is 5.92 Å².